The van der Waals surface area contributed by atoms with E-state index in [4.69, 9.17) is 4.74 Å². The number of rotatable bonds is 102. The summed E-state index contributed by atoms with van der Waals surface area (Å²) >= 11 is 0. The first-order valence-corrected chi connectivity index (χ1v) is 55.8. The van der Waals surface area contributed by atoms with Gasteiger partial charge in [0.15, 0.2) is 6.10 Å². The molecular weight excluding hydrogens is 1460 g/mol. The highest BCUT2D eigenvalue weighted by Crippen LogP contribution is 2.43. The third-order valence-electron chi connectivity index (χ3n) is 27.0. The summed E-state index contributed by atoms with van der Waals surface area (Å²) in [6.45, 7) is 18.8. The molecule has 0 aromatic carbocycles. The summed E-state index contributed by atoms with van der Waals surface area (Å²) in [5, 5.41) is 30.6. The number of aliphatic carboxylic acids is 2. The Bertz CT molecular complexity index is 1870. The molecule has 7 nitrogen and oxygen atoms in total. The molecule has 0 saturated carbocycles. The number of carboxylic acids is 2. The normalized spacial score (nSPS) is 12.8. The van der Waals surface area contributed by atoms with E-state index < -0.39 is 23.5 Å². The molecule has 0 aliphatic rings. The number of Topliss-reactive ketones (excluding diaryl/α,β-unsaturated/α-hetero) is 1. The predicted octanol–water partition coefficient (Wildman–Crippen LogP) is 39.7. The largest absolute Gasteiger partial charge is 0.480 e. The molecule has 0 rings (SSSR count). The fourth-order valence-corrected chi connectivity index (χ4v) is 18.6. The second-order valence-electron chi connectivity index (χ2n) is 38.8. The van der Waals surface area contributed by atoms with E-state index in [1.807, 2.05) is 0 Å². The summed E-state index contributed by atoms with van der Waals surface area (Å²) in [5.74, 6) is -1.49. The fourth-order valence-electron chi connectivity index (χ4n) is 18.6. The number of ketones is 1. The summed E-state index contributed by atoms with van der Waals surface area (Å²) in [5.41, 5.74) is -1.18. The Kier molecular flexibility index (Phi) is 109. The van der Waals surface area contributed by atoms with Crippen LogP contribution in [-0.4, -0.2) is 51.9 Å². The van der Waals surface area contributed by atoms with Gasteiger partial charge in [0.1, 0.15) is 11.2 Å². The molecule has 119 heavy (non-hydrogen) atoms. The van der Waals surface area contributed by atoms with E-state index in [9.17, 15) is 29.7 Å². The lowest BCUT2D eigenvalue weighted by molar-refractivity contribution is -0.161. The lowest BCUT2D eigenvalue weighted by atomic mass is 9.64. The van der Waals surface area contributed by atoms with E-state index in [2.05, 4.69) is 55.4 Å². The Labute approximate surface area is 749 Å². The van der Waals surface area contributed by atoms with Crippen molar-refractivity contribution in [3.8, 4) is 0 Å². The van der Waals surface area contributed by atoms with Crippen LogP contribution >= 0.6 is 0 Å². The maximum atomic E-state index is 14.5. The molecule has 0 aliphatic heterocycles. The molecule has 0 aromatic heterocycles. The van der Waals surface area contributed by atoms with E-state index in [1.54, 1.807) is 0 Å². The number of hydrogen-bond acceptors (Lipinski definition) is 5. The molecule has 0 aromatic rings. The number of carboxylic acid groups (broad SMARTS) is 2. The summed E-state index contributed by atoms with van der Waals surface area (Å²) < 4.78 is 5.74. The highest BCUT2D eigenvalue weighted by atomic mass is 16.5. The van der Waals surface area contributed by atoms with Crippen molar-refractivity contribution in [2.45, 2.75) is 684 Å². The zero-order valence-electron chi connectivity index (χ0n) is 83.3. The molecule has 4 atom stereocenters. The zero-order chi connectivity index (χ0) is 87.3. The lowest BCUT2D eigenvalue weighted by Crippen LogP contribution is -2.46. The van der Waals surface area contributed by atoms with Gasteiger partial charge in [0, 0.05) is 13.0 Å². The molecule has 714 valence electrons. The number of ether oxygens (including phenoxy) is 1. The number of aliphatic hydroxyl groups is 1. The fraction of sp³-hybridized carbons (Fsp3) is 0.973. The van der Waals surface area contributed by atoms with Gasteiger partial charge in [-0.15, -0.1) is 0 Å². The van der Waals surface area contributed by atoms with Gasteiger partial charge >= 0.3 is 11.9 Å². The molecule has 0 spiro atoms. The molecule has 0 bridgehead atoms. The minimum absolute atomic E-state index is 0.0127. The zero-order valence-corrected chi connectivity index (χ0v) is 83.3. The van der Waals surface area contributed by atoms with E-state index in [0.717, 1.165) is 83.5 Å². The van der Waals surface area contributed by atoms with Gasteiger partial charge < -0.3 is 20.1 Å². The van der Waals surface area contributed by atoms with Crippen molar-refractivity contribution >= 4 is 17.7 Å². The van der Waals surface area contributed by atoms with Gasteiger partial charge in [0.05, 0.1) is 6.10 Å². The van der Waals surface area contributed by atoms with Crippen molar-refractivity contribution in [1.29, 1.82) is 0 Å². The molecular formula is C112H224O7. The van der Waals surface area contributed by atoms with Gasteiger partial charge in [-0.25, -0.2) is 4.79 Å². The summed E-state index contributed by atoms with van der Waals surface area (Å²) in [7, 11) is 0. The molecule has 0 heterocycles. The van der Waals surface area contributed by atoms with E-state index in [-0.39, 0.29) is 17.8 Å². The summed E-state index contributed by atoms with van der Waals surface area (Å²) in [6.07, 6.45) is 122. The van der Waals surface area contributed by atoms with Gasteiger partial charge in [-0.05, 0) is 57.3 Å². The maximum Gasteiger partial charge on any atom is 0.332 e. The smallest absolute Gasteiger partial charge is 0.332 e. The van der Waals surface area contributed by atoms with Crippen LogP contribution in [0.4, 0.5) is 0 Å². The monoisotopic (exact) mass is 1680 g/mol. The van der Waals surface area contributed by atoms with Gasteiger partial charge in [0.25, 0.3) is 0 Å². The molecule has 0 aliphatic carbocycles. The van der Waals surface area contributed by atoms with Gasteiger partial charge in [0.2, 0.25) is 0 Å². The lowest BCUT2D eigenvalue weighted by Gasteiger charge is -2.37. The quantitative estimate of drug-likeness (QED) is 0.0410. The van der Waals surface area contributed by atoms with E-state index in [0.29, 0.717) is 25.9 Å². The Morgan fingerprint density at radius 1 is 0.218 bits per heavy atom. The van der Waals surface area contributed by atoms with Crippen LogP contribution < -0.4 is 0 Å². The Morgan fingerprint density at radius 2 is 0.395 bits per heavy atom. The van der Waals surface area contributed by atoms with Crippen molar-refractivity contribution in [2.24, 2.45) is 11.3 Å². The molecule has 3 N–H and O–H groups in total. The molecule has 0 saturated heterocycles. The van der Waals surface area contributed by atoms with Crippen molar-refractivity contribution in [3.63, 3.8) is 0 Å². The Morgan fingerprint density at radius 3 is 0.605 bits per heavy atom. The van der Waals surface area contributed by atoms with Crippen molar-refractivity contribution in [2.75, 3.05) is 6.61 Å². The highest BCUT2D eigenvalue weighted by Gasteiger charge is 2.50. The number of hydrogen-bond donors (Lipinski definition) is 3. The van der Waals surface area contributed by atoms with Crippen LogP contribution in [0.15, 0.2) is 0 Å². The van der Waals surface area contributed by atoms with Crippen LogP contribution in [-0.2, 0) is 19.1 Å². The predicted molar refractivity (Wildman–Crippen MR) is 531 cm³/mol. The first-order valence-electron chi connectivity index (χ1n) is 55.8. The first kappa shape index (κ1) is 122. The Balaban J connectivity index is -0.00000191. The molecule has 0 fully saturated rings. The number of carbonyl (C=O) groups excluding carboxylic acids is 1. The highest BCUT2D eigenvalue weighted by molar-refractivity contribution is 6.03. The molecule has 4 unspecified atom stereocenters. The second-order valence-corrected chi connectivity index (χ2v) is 38.8. The minimum Gasteiger partial charge on any atom is -0.480 e. The first-order chi connectivity index (χ1) is 58.5. The van der Waals surface area contributed by atoms with Gasteiger partial charge in [-0.2, -0.15) is 0 Å². The SMILES string of the molecule is CCCCCCCCCCCC(O)CCCCCCCC.CCCCCCCCCCCCCCCCCC(=O)C(CCCCCCCCCCCC)(C(=O)O)C(CCCCCCCC)CCCCCCCCCCCCCCC.CCCCCCCCCCCCCCCCCCOC(CCCCCCCCCCCCCCCC)C(=O)O. The van der Waals surface area contributed by atoms with Crippen LogP contribution in [0.1, 0.15) is 672 Å². The minimum atomic E-state index is -1.18. The van der Waals surface area contributed by atoms with Crippen molar-refractivity contribution in [3.05, 3.63) is 0 Å². The molecule has 0 amide bonds. The Hall–Kier alpha value is -1.47. The molecule has 7 heteroatoms. The summed E-state index contributed by atoms with van der Waals surface area (Å²) in [6, 6.07) is 0. The topological polar surface area (TPSA) is 121 Å². The van der Waals surface area contributed by atoms with E-state index >= 15 is 0 Å². The second kappa shape index (κ2) is 107. The number of carbonyl (C=O) groups is 3. The maximum absolute atomic E-state index is 14.5. The van der Waals surface area contributed by atoms with Crippen LogP contribution in [0.3, 0.4) is 0 Å². The third-order valence-corrected chi connectivity index (χ3v) is 27.0. The van der Waals surface area contributed by atoms with Crippen molar-refractivity contribution in [1.82, 2.24) is 0 Å². The van der Waals surface area contributed by atoms with Crippen molar-refractivity contribution < 1.29 is 34.4 Å². The van der Waals surface area contributed by atoms with Crippen LogP contribution in [0.5, 0.6) is 0 Å². The van der Waals surface area contributed by atoms with Crippen LogP contribution in [0, 0.1) is 11.3 Å². The molecule has 0 radical (unpaired) electrons. The van der Waals surface area contributed by atoms with Crippen LogP contribution in [0.25, 0.3) is 0 Å². The number of aliphatic hydroxyl groups excluding tert-OH is 1. The number of unbranched alkanes of at least 4 members (excludes halogenated alkanes) is 81. The summed E-state index contributed by atoms with van der Waals surface area (Å²) in [4.78, 5) is 39.7. The van der Waals surface area contributed by atoms with Gasteiger partial charge in [-0.3, -0.25) is 9.59 Å². The average Bonchev–Trinajstić information content (AvgIpc) is 0.786. The van der Waals surface area contributed by atoms with Gasteiger partial charge in [-0.1, -0.05) is 614 Å². The average molecular weight is 1680 g/mol. The van der Waals surface area contributed by atoms with Crippen LogP contribution in [0.2, 0.25) is 0 Å². The third kappa shape index (κ3) is 94.0. The standard InChI is InChI=1S/C56H110O3.C36H72O3.C20H42O/c1-5-9-13-17-21-24-27-29-30-32-34-36-39-43-47-51-54(57)56(55(58)59,52-48-44-40-37-26-23-19-15-11-7-3)53(49-45-41-20-16-12-8-4)50-46-42-38-35-33-31-28-25-22-18-14-10-6-2;1-3-5-7-9-11-13-15-17-19-20-22-24-26-28-30-32-34-39-35(36(37)38)33-31-29-27-25-23-21-18-16-14-12-10-8-6-4-2;1-3-5-7-9-11-12-13-15-17-19-20(21)18-16-14-10-8-6-4-2/h53H,5-52H2,1-4H3,(H,58,59);35H,3-34H2,1-2H3,(H,37,38);20-21H,3-19H2,1-2H3. The van der Waals surface area contributed by atoms with E-state index in [1.165, 1.54) is 514 Å².